The Balaban J connectivity index is 1.47. The number of aromatic nitrogens is 4. The van der Waals surface area contributed by atoms with Crippen molar-refractivity contribution in [2.24, 2.45) is 5.92 Å². The van der Waals surface area contributed by atoms with E-state index >= 15 is 0 Å². The Morgan fingerprint density at radius 2 is 2.19 bits per heavy atom. The number of rotatable bonds is 4. The summed E-state index contributed by atoms with van der Waals surface area (Å²) in [5, 5.41) is 6.38. The molecule has 1 amide bonds. The van der Waals surface area contributed by atoms with E-state index in [1.807, 2.05) is 6.92 Å². The number of aromatic amines is 1. The number of amides is 1. The molecule has 4 heterocycles. The minimum absolute atomic E-state index is 0.113. The molecule has 1 N–H and O–H groups in total. The lowest BCUT2D eigenvalue weighted by atomic mass is 9.83. The van der Waals surface area contributed by atoms with E-state index in [2.05, 4.69) is 20.2 Å². The van der Waals surface area contributed by atoms with Gasteiger partial charge in [0.25, 0.3) is 5.91 Å². The Hall–Kier alpha value is -2.49. The molecular weight excluding hydrogens is 358 g/mol. The molecule has 9 nitrogen and oxygen atoms in total. The lowest BCUT2D eigenvalue weighted by molar-refractivity contribution is 0.0398. The van der Waals surface area contributed by atoms with Gasteiger partial charge in [0.2, 0.25) is 0 Å². The molecular formula is C16H19N5O4S. The number of hydrogen-bond donors (Lipinski definition) is 1. The van der Waals surface area contributed by atoms with E-state index in [0.717, 1.165) is 5.69 Å². The van der Waals surface area contributed by atoms with Crippen LogP contribution in [0.5, 0.6) is 6.01 Å². The summed E-state index contributed by atoms with van der Waals surface area (Å²) in [6.45, 7) is 2.40. The Labute approximate surface area is 150 Å². The Morgan fingerprint density at radius 1 is 1.38 bits per heavy atom. The van der Waals surface area contributed by atoms with Gasteiger partial charge in [-0.25, -0.2) is 18.4 Å². The lowest BCUT2D eigenvalue weighted by Gasteiger charge is -2.49. The molecule has 2 aliphatic heterocycles. The first-order chi connectivity index (χ1) is 12.4. The van der Waals surface area contributed by atoms with Crippen LogP contribution in [-0.2, 0) is 9.84 Å². The Bertz CT molecular complexity index is 922. The van der Waals surface area contributed by atoms with Gasteiger partial charge in [0.1, 0.15) is 10.4 Å². The summed E-state index contributed by atoms with van der Waals surface area (Å²) in [5.74, 6) is -0.318. The predicted molar refractivity (Wildman–Crippen MR) is 91.4 cm³/mol. The maximum absolute atomic E-state index is 12.7. The van der Waals surface area contributed by atoms with E-state index in [1.165, 1.54) is 11.1 Å². The summed E-state index contributed by atoms with van der Waals surface area (Å²) in [7, 11) is -3.29. The van der Waals surface area contributed by atoms with Gasteiger partial charge in [-0.1, -0.05) is 0 Å². The predicted octanol–water partition coefficient (Wildman–Crippen LogP) is 0.216. The highest BCUT2D eigenvalue weighted by molar-refractivity contribution is 7.93. The number of ether oxygens (including phenoxy) is 1. The first-order valence-electron chi connectivity index (χ1n) is 8.35. The molecule has 2 saturated heterocycles. The van der Waals surface area contributed by atoms with Crippen LogP contribution in [0, 0.1) is 12.8 Å². The number of aryl methyl sites for hydroxylation is 1. The van der Waals surface area contributed by atoms with E-state index in [0.29, 0.717) is 12.1 Å². The molecule has 2 fully saturated rings. The number of nitrogens with zero attached hydrogens (tertiary/aromatic N) is 4. The van der Waals surface area contributed by atoms with Gasteiger partial charge in [-0.3, -0.25) is 9.89 Å². The van der Waals surface area contributed by atoms with Crippen molar-refractivity contribution in [1.29, 1.82) is 0 Å². The Morgan fingerprint density at radius 3 is 2.88 bits per heavy atom. The zero-order valence-electron chi connectivity index (χ0n) is 14.3. The maximum Gasteiger partial charge on any atom is 0.316 e. The average Bonchev–Trinajstić information content (AvgIpc) is 3.17. The van der Waals surface area contributed by atoms with Gasteiger partial charge in [-0.2, -0.15) is 5.10 Å². The molecule has 0 aromatic carbocycles. The quantitative estimate of drug-likeness (QED) is 0.809. The van der Waals surface area contributed by atoms with Gasteiger partial charge in [0.05, 0.1) is 12.4 Å². The van der Waals surface area contributed by atoms with Crippen LogP contribution in [0.15, 0.2) is 24.5 Å². The zero-order chi connectivity index (χ0) is 18.4. The van der Waals surface area contributed by atoms with Crippen LogP contribution in [0.1, 0.15) is 22.6 Å². The fourth-order valence-corrected chi connectivity index (χ4v) is 6.07. The van der Waals surface area contributed by atoms with Crippen molar-refractivity contribution in [2.75, 3.05) is 25.4 Å². The van der Waals surface area contributed by atoms with Crippen molar-refractivity contribution in [1.82, 2.24) is 25.1 Å². The summed E-state index contributed by atoms with van der Waals surface area (Å²) < 4.78 is 30.0. The summed E-state index contributed by atoms with van der Waals surface area (Å²) in [6.07, 6.45) is 3.61. The van der Waals surface area contributed by atoms with Gasteiger partial charge in [0.15, 0.2) is 9.84 Å². The molecule has 0 unspecified atom stereocenters. The van der Waals surface area contributed by atoms with Gasteiger partial charge in [-0.15, -0.1) is 0 Å². The molecule has 0 bridgehead atoms. The number of nitrogens with one attached hydrogen (secondary N) is 1. The number of carbonyl (C=O) groups excluding carboxylic acids is 1. The van der Waals surface area contributed by atoms with Crippen LogP contribution in [-0.4, -0.2) is 69.6 Å². The van der Waals surface area contributed by atoms with Crippen molar-refractivity contribution < 1.29 is 17.9 Å². The van der Waals surface area contributed by atoms with Crippen LogP contribution in [0.25, 0.3) is 0 Å². The Kier molecular flexibility index (Phi) is 3.94. The summed E-state index contributed by atoms with van der Waals surface area (Å²) in [6, 6.07) is 3.58. The smallest absolute Gasteiger partial charge is 0.316 e. The van der Waals surface area contributed by atoms with E-state index in [-0.39, 0.29) is 43.3 Å². The highest BCUT2D eigenvalue weighted by Crippen LogP contribution is 2.45. The lowest BCUT2D eigenvalue weighted by Crippen LogP contribution is -2.69. The van der Waals surface area contributed by atoms with Crippen molar-refractivity contribution >= 4 is 15.7 Å². The molecule has 26 heavy (non-hydrogen) atoms. The molecule has 2 aromatic heterocycles. The van der Waals surface area contributed by atoms with Gasteiger partial charge < -0.3 is 9.64 Å². The van der Waals surface area contributed by atoms with Crippen LogP contribution >= 0.6 is 0 Å². The number of hydrogen-bond acceptors (Lipinski definition) is 7. The number of H-pyrrole nitrogens is 1. The molecule has 0 radical (unpaired) electrons. The minimum Gasteiger partial charge on any atom is -0.463 e. The van der Waals surface area contributed by atoms with Crippen LogP contribution in [0.4, 0.5) is 0 Å². The third-order valence-electron chi connectivity index (χ3n) is 5.22. The summed E-state index contributed by atoms with van der Waals surface area (Å²) in [4.78, 5) is 22.1. The SMILES string of the molecule is Cc1ccnc(OC[C@H]2CCS(=O)(=O)C23CN(C(=O)c2ccn[nH]2)C3)n1. The molecule has 0 saturated carbocycles. The maximum atomic E-state index is 12.7. The second-order valence-electron chi connectivity index (χ2n) is 6.79. The van der Waals surface area contributed by atoms with Crippen LogP contribution in [0.2, 0.25) is 0 Å². The molecule has 4 rings (SSSR count). The third-order valence-corrected chi connectivity index (χ3v) is 7.82. The molecule has 138 valence electrons. The molecule has 1 spiro atoms. The van der Waals surface area contributed by atoms with Gasteiger partial charge >= 0.3 is 6.01 Å². The van der Waals surface area contributed by atoms with Gasteiger partial charge in [-0.05, 0) is 25.5 Å². The van der Waals surface area contributed by atoms with Crippen molar-refractivity contribution in [2.45, 2.75) is 18.1 Å². The zero-order valence-corrected chi connectivity index (χ0v) is 15.1. The molecule has 2 aliphatic rings. The minimum atomic E-state index is -3.29. The molecule has 1 atom stereocenters. The topological polar surface area (TPSA) is 118 Å². The fraction of sp³-hybridized carbons (Fsp3) is 0.500. The van der Waals surface area contributed by atoms with E-state index in [9.17, 15) is 13.2 Å². The highest BCUT2D eigenvalue weighted by Gasteiger charge is 2.62. The largest absolute Gasteiger partial charge is 0.463 e. The molecule has 0 aliphatic carbocycles. The van der Waals surface area contributed by atoms with E-state index in [1.54, 1.807) is 18.3 Å². The molecule has 10 heteroatoms. The first-order valence-corrected chi connectivity index (χ1v) is 10.00. The second-order valence-corrected chi connectivity index (χ2v) is 9.24. The number of sulfone groups is 1. The number of carbonyl (C=O) groups is 1. The normalized spacial score (nSPS) is 23.0. The number of likely N-dealkylation sites (tertiary alicyclic amines) is 1. The van der Waals surface area contributed by atoms with Crippen molar-refractivity contribution in [3.05, 3.63) is 35.9 Å². The van der Waals surface area contributed by atoms with Crippen LogP contribution in [0.3, 0.4) is 0 Å². The standard InChI is InChI=1S/C16H19N5O4S/c1-11-2-5-17-15(19-11)25-8-12-4-7-26(23,24)16(12)9-21(10-16)14(22)13-3-6-18-20-13/h2-3,5-6,12H,4,7-10H2,1H3,(H,18,20)/t12-/m1/s1. The van der Waals surface area contributed by atoms with Crippen LogP contribution < -0.4 is 4.74 Å². The third kappa shape index (κ3) is 2.64. The second kappa shape index (κ2) is 6.04. The summed E-state index contributed by atoms with van der Waals surface area (Å²) >= 11 is 0. The van der Waals surface area contributed by atoms with Crippen molar-refractivity contribution in [3.8, 4) is 6.01 Å². The van der Waals surface area contributed by atoms with Gasteiger partial charge in [0, 0.05) is 37.1 Å². The summed E-state index contributed by atoms with van der Waals surface area (Å²) in [5.41, 5.74) is 1.14. The van der Waals surface area contributed by atoms with Crippen molar-refractivity contribution in [3.63, 3.8) is 0 Å². The molecule has 2 aromatic rings. The fourth-order valence-electron chi connectivity index (χ4n) is 3.67. The average molecular weight is 377 g/mol. The first kappa shape index (κ1) is 17.0. The monoisotopic (exact) mass is 377 g/mol. The van der Waals surface area contributed by atoms with E-state index < -0.39 is 14.6 Å². The van der Waals surface area contributed by atoms with E-state index in [4.69, 9.17) is 4.74 Å². The highest BCUT2D eigenvalue weighted by atomic mass is 32.2.